The van der Waals surface area contributed by atoms with Gasteiger partial charge in [0.05, 0.1) is 6.10 Å². The number of benzene rings is 1. The van der Waals surface area contributed by atoms with Crippen LogP contribution in [0.25, 0.3) is 0 Å². The van der Waals surface area contributed by atoms with E-state index < -0.39 is 6.10 Å². The molecule has 0 saturated heterocycles. The summed E-state index contributed by atoms with van der Waals surface area (Å²) in [6.45, 7) is 2.14. The van der Waals surface area contributed by atoms with Gasteiger partial charge in [0.1, 0.15) is 0 Å². The standard InChI is InChI=1S/C18H21NO/c1-2-13-7-3-4-10-15(13)18(20)16-11-5-8-14-9-6-12-19-17(14)16/h3-4,6-7,9-10,12,16,18,20H,2,5,8,11H2,1H3. The first kappa shape index (κ1) is 13.3. The number of pyridine rings is 1. The summed E-state index contributed by atoms with van der Waals surface area (Å²) >= 11 is 0. The zero-order chi connectivity index (χ0) is 13.9. The van der Waals surface area contributed by atoms with Crippen molar-refractivity contribution in [3.63, 3.8) is 0 Å². The molecular weight excluding hydrogens is 246 g/mol. The SMILES string of the molecule is CCc1ccccc1C(O)C1CCCc2cccnc21. The molecule has 2 heteroatoms. The molecule has 1 aliphatic rings. The van der Waals surface area contributed by atoms with Crippen molar-refractivity contribution >= 4 is 0 Å². The Labute approximate surface area is 120 Å². The van der Waals surface area contributed by atoms with Crippen molar-refractivity contribution in [1.82, 2.24) is 4.98 Å². The zero-order valence-corrected chi connectivity index (χ0v) is 11.9. The number of hydrogen-bond acceptors (Lipinski definition) is 2. The number of aromatic nitrogens is 1. The first-order valence-electron chi connectivity index (χ1n) is 7.51. The van der Waals surface area contributed by atoms with E-state index in [1.54, 1.807) is 0 Å². The molecule has 2 atom stereocenters. The van der Waals surface area contributed by atoms with Gasteiger partial charge in [0.25, 0.3) is 0 Å². The van der Waals surface area contributed by atoms with Crippen LogP contribution in [0.4, 0.5) is 0 Å². The summed E-state index contributed by atoms with van der Waals surface area (Å²) in [6, 6.07) is 12.4. The highest BCUT2D eigenvalue weighted by molar-refractivity contribution is 5.34. The third-order valence-corrected chi connectivity index (χ3v) is 4.37. The molecule has 20 heavy (non-hydrogen) atoms. The number of nitrogens with zero attached hydrogens (tertiary/aromatic N) is 1. The van der Waals surface area contributed by atoms with Crippen LogP contribution in [0.2, 0.25) is 0 Å². The third-order valence-electron chi connectivity index (χ3n) is 4.37. The van der Waals surface area contributed by atoms with Crippen molar-refractivity contribution < 1.29 is 5.11 Å². The van der Waals surface area contributed by atoms with Gasteiger partial charge in [-0.15, -0.1) is 0 Å². The van der Waals surface area contributed by atoms with Gasteiger partial charge in [0, 0.05) is 17.8 Å². The third kappa shape index (κ3) is 2.36. The highest BCUT2D eigenvalue weighted by atomic mass is 16.3. The summed E-state index contributed by atoms with van der Waals surface area (Å²) in [4.78, 5) is 4.54. The Morgan fingerprint density at radius 1 is 1.25 bits per heavy atom. The molecule has 2 aromatic rings. The second-order valence-corrected chi connectivity index (χ2v) is 5.54. The zero-order valence-electron chi connectivity index (χ0n) is 11.9. The Morgan fingerprint density at radius 3 is 2.95 bits per heavy atom. The molecule has 0 spiro atoms. The molecule has 0 bridgehead atoms. The molecule has 1 aliphatic carbocycles. The molecule has 2 nitrogen and oxygen atoms in total. The smallest absolute Gasteiger partial charge is 0.0876 e. The Morgan fingerprint density at radius 2 is 2.10 bits per heavy atom. The molecule has 1 heterocycles. The van der Waals surface area contributed by atoms with E-state index in [4.69, 9.17) is 0 Å². The van der Waals surface area contributed by atoms with Gasteiger partial charge in [0.2, 0.25) is 0 Å². The fourth-order valence-corrected chi connectivity index (χ4v) is 3.31. The van der Waals surface area contributed by atoms with Crippen LogP contribution in [0.15, 0.2) is 42.6 Å². The highest BCUT2D eigenvalue weighted by Crippen LogP contribution is 2.39. The predicted molar refractivity (Wildman–Crippen MR) is 80.7 cm³/mol. The molecule has 2 unspecified atom stereocenters. The average molecular weight is 267 g/mol. The number of aliphatic hydroxyl groups excluding tert-OH is 1. The summed E-state index contributed by atoms with van der Waals surface area (Å²) in [5, 5.41) is 10.9. The topological polar surface area (TPSA) is 33.1 Å². The van der Waals surface area contributed by atoms with Crippen LogP contribution >= 0.6 is 0 Å². The van der Waals surface area contributed by atoms with Gasteiger partial charge < -0.3 is 5.11 Å². The second-order valence-electron chi connectivity index (χ2n) is 5.54. The van der Waals surface area contributed by atoms with Crippen LogP contribution in [0.1, 0.15) is 54.2 Å². The first-order chi connectivity index (χ1) is 9.81. The number of fused-ring (bicyclic) bond motifs is 1. The maximum absolute atomic E-state index is 10.9. The molecule has 0 saturated carbocycles. The van der Waals surface area contributed by atoms with Crippen molar-refractivity contribution in [3.05, 3.63) is 65.0 Å². The Balaban J connectivity index is 1.97. The predicted octanol–water partition coefficient (Wildman–Crippen LogP) is 3.80. The number of aliphatic hydroxyl groups is 1. The van der Waals surface area contributed by atoms with E-state index in [0.29, 0.717) is 0 Å². The van der Waals surface area contributed by atoms with Crippen LogP contribution in [0.3, 0.4) is 0 Å². The Bertz CT molecular complexity index is 593. The van der Waals surface area contributed by atoms with Crippen molar-refractivity contribution in [3.8, 4) is 0 Å². The number of hydrogen-bond donors (Lipinski definition) is 1. The Hall–Kier alpha value is -1.67. The summed E-state index contributed by atoms with van der Waals surface area (Å²) < 4.78 is 0. The van der Waals surface area contributed by atoms with Gasteiger partial charge in [-0.2, -0.15) is 0 Å². The van der Waals surface area contributed by atoms with E-state index >= 15 is 0 Å². The molecule has 104 valence electrons. The minimum absolute atomic E-state index is 0.132. The summed E-state index contributed by atoms with van der Waals surface area (Å²) in [6.07, 6.45) is 5.59. The van der Waals surface area contributed by atoms with E-state index in [9.17, 15) is 5.11 Å². The molecule has 3 rings (SSSR count). The van der Waals surface area contributed by atoms with Crippen molar-refractivity contribution in [2.24, 2.45) is 0 Å². The number of rotatable bonds is 3. The molecule has 1 N–H and O–H groups in total. The molecule has 1 aromatic heterocycles. The van der Waals surface area contributed by atoms with Gasteiger partial charge in [-0.1, -0.05) is 37.3 Å². The monoisotopic (exact) mass is 267 g/mol. The molecule has 0 fully saturated rings. The van der Waals surface area contributed by atoms with Crippen LogP contribution in [0, 0.1) is 0 Å². The van der Waals surface area contributed by atoms with Crippen molar-refractivity contribution in [2.45, 2.75) is 44.6 Å². The van der Waals surface area contributed by atoms with Gasteiger partial charge in [-0.3, -0.25) is 4.98 Å². The second kappa shape index (κ2) is 5.76. The summed E-state index contributed by atoms with van der Waals surface area (Å²) in [5.74, 6) is 0.132. The van der Waals surface area contributed by atoms with Crippen molar-refractivity contribution in [1.29, 1.82) is 0 Å². The van der Waals surface area contributed by atoms with E-state index in [0.717, 1.165) is 36.9 Å². The molecule has 1 aromatic carbocycles. The van der Waals surface area contributed by atoms with Crippen LogP contribution in [-0.4, -0.2) is 10.1 Å². The highest BCUT2D eigenvalue weighted by Gasteiger charge is 2.29. The van der Waals surface area contributed by atoms with Crippen LogP contribution < -0.4 is 0 Å². The molecular formula is C18H21NO. The molecule has 0 radical (unpaired) electrons. The fourth-order valence-electron chi connectivity index (χ4n) is 3.31. The van der Waals surface area contributed by atoms with Gasteiger partial charge in [0.15, 0.2) is 0 Å². The normalized spacial score (nSPS) is 19.4. The van der Waals surface area contributed by atoms with E-state index in [2.05, 4.69) is 30.1 Å². The van der Waals surface area contributed by atoms with Gasteiger partial charge in [-0.05, 0) is 48.4 Å². The van der Waals surface area contributed by atoms with Gasteiger partial charge >= 0.3 is 0 Å². The Kier molecular flexibility index (Phi) is 3.83. The van der Waals surface area contributed by atoms with E-state index in [1.165, 1.54) is 11.1 Å². The van der Waals surface area contributed by atoms with E-state index in [1.807, 2.05) is 24.4 Å². The van der Waals surface area contributed by atoms with Gasteiger partial charge in [-0.25, -0.2) is 0 Å². The van der Waals surface area contributed by atoms with E-state index in [-0.39, 0.29) is 5.92 Å². The minimum Gasteiger partial charge on any atom is -0.388 e. The fraction of sp³-hybridized carbons (Fsp3) is 0.389. The lowest BCUT2D eigenvalue weighted by Gasteiger charge is -2.29. The maximum atomic E-state index is 10.9. The maximum Gasteiger partial charge on any atom is 0.0876 e. The number of aryl methyl sites for hydroxylation is 2. The van der Waals surface area contributed by atoms with Crippen LogP contribution in [0.5, 0.6) is 0 Å². The summed E-state index contributed by atoms with van der Waals surface area (Å²) in [7, 11) is 0. The molecule has 0 aliphatic heterocycles. The largest absolute Gasteiger partial charge is 0.388 e. The lowest BCUT2D eigenvalue weighted by Crippen LogP contribution is -2.19. The average Bonchev–Trinajstić information content (AvgIpc) is 2.53. The van der Waals surface area contributed by atoms with Crippen molar-refractivity contribution in [2.75, 3.05) is 0 Å². The molecule has 0 amide bonds. The first-order valence-corrected chi connectivity index (χ1v) is 7.51. The minimum atomic E-state index is -0.444. The quantitative estimate of drug-likeness (QED) is 0.917. The lowest BCUT2D eigenvalue weighted by atomic mass is 9.80. The summed E-state index contributed by atoms with van der Waals surface area (Å²) in [5.41, 5.74) is 4.70. The lowest BCUT2D eigenvalue weighted by molar-refractivity contribution is 0.133. The van der Waals surface area contributed by atoms with Crippen LogP contribution in [-0.2, 0) is 12.8 Å².